The number of nitrogens with zero attached hydrogens (tertiary/aromatic N) is 2. The van der Waals surface area contributed by atoms with Crippen LogP contribution in [0.4, 0.5) is 0 Å². The predicted octanol–water partition coefficient (Wildman–Crippen LogP) is 15.2. The number of benzene rings is 9. The van der Waals surface area contributed by atoms with Crippen LogP contribution >= 0.6 is 0 Å². The summed E-state index contributed by atoms with van der Waals surface area (Å²) in [6.07, 6.45) is 0. The standard InChI is InChI=1S/C58H38N2O/c1-58(44-20-6-3-7-21-44)50-27-12-10-23-48(50)55-49(26-15-28-51(55)58)53-36-52(59-57(60-53)38-17-4-2-5-18-38)43-34-41(40-31-30-37-16-8-9-19-39(37)32-40)33-42(35-43)45-24-14-25-47-46-22-11-13-29-54(46)61-56(45)47/h2-36H,1H3. The van der Waals surface area contributed by atoms with E-state index in [1.165, 1.54) is 38.6 Å². The lowest BCUT2D eigenvalue weighted by atomic mass is 9.74. The highest BCUT2D eigenvalue weighted by Crippen LogP contribution is 2.55. The Labute approximate surface area is 354 Å². The first-order chi connectivity index (χ1) is 30.1. The summed E-state index contributed by atoms with van der Waals surface area (Å²) in [6, 6.07) is 75.8. The molecule has 1 aliphatic carbocycles. The summed E-state index contributed by atoms with van der Waals surface area (Å²) >= 11 is 0. The first-order valence-electron chi connectivity index (χ1n) is 20.9. The molecule has 11 aromatic rings. The van der Waals surface area contributed by atoms with Crippen LogP contribution < -0.4 is 0 Å². The maximum Gasteiger partial charge on any atom is 0.160 e. The fraction of sp³-hybridized carbons (Fsp3) is 0.0345. The molecule has 0 saturated heterocycles. The molecule has 0 N–H and O–H groups in total. The third-order valence-electron chi connectivity index (χ3n) is 12.8. The van der Waals surface area contributed by atoms with E-state index in [1.807, 2.05) is 18.2 Å². The van der Waals surface area contributed by atoms with Gasteiger partial charge >= 0.3 is 0 Å². The lowest BCUT2D eigenvalue weighted by Crippen LogP contribution is -2.22. The Balaban J connectivity index is 1.11. The van der Waals surface area contributed by atoms with Crippen LogP contribution in [0.15, 0.2) is 217 Å². The van der Waals surface area contributed by atoms with Gasteiger partial charge in [-0.15, -0.1) is 0 Å². The van der Waals surface area contributed by atoms with Gasteiger partial charge in [0.1, 0.15) is 11.2 Å². The maximum absolute atomic E-state index is 6.64. The zero-order valence-electron chi connectivity index (χ0n) is 33.5. The van der Waals surface area contributed by atoms with E-state index in [2.05, 4.69) is 201 Å². The molecule has 0 spiro atoms. The van der Waals surface area contributed by atoms with Crippen molar-refractivity contribution >= 4 is 32.7 Å². The van der Waals surface area contributed by atoms with Gasteiger partial charge in [0.2, 0.25) is 0 Å². The van der Waals surface area contributed by atoms with Crippen molar-refractivity contribution in [1.82, 2.24) is 9.97 Å². The minimum atomic E-state index is -0.331. The van der Waals surface area contributed by atoms with Crippen molar-refractivity contribution in [2.45, 2.75) is 12.3 Å². The van der Waals surface area contributed by atoms with Crippen molar-refractivity contribution in [2.24, 2.45) is 0 Å². The van der Waals surface area contributed by atoms with Crippen LogP contribution in [0, 0.1) is 0 Å². The number of rotatable bonds is 6. The van der Waals surface area contributed by atoms with Crippen LogP contribution in [-0.2, 0) is 5.41 Å². The van der Waals surface area contributed by atoms with Crippen LogP contribution in [0.5, 0.6) is 0 Å². The minimum absolute atomic E-state index is 0.331. The van der Waals surface area contributed by atoms with Gasteiger partial charge in [-0.2, -0.15) is 0 Å². The lowest BCUT2D eigenvalue weighted by Gasteiger charge is -2.28. The van der Waals surface area contributed by atoms with E-state index in [4.69, 9.17) is 14.4 Å². The van der Waals surface area contributed by atoms with Gasteiger partial charge in [0, 0.05) is 38.4 Å². The molecule has 0 fully saturated rings. The molecule has 0 bridgehead atoms. The van der Waals surface area contributed by atoms with Gasteiger partial charge in [0.25, 0.3) is 0 Å². The zero-order chi connectivity index (χ0) is 40.5. The number of fused-ring (bicyclic) bond motifs is 7. The Morgan fingerprint density at radius 3 is 1.92 bits per heavy atom. The SMILES string of the molecule is CC1(c2ccccc2)c2ccccc2-c2c(-c3cc(-c4cc(-c5ccc6ccccc6c5)cc(-c5cccc6c5oc5ccccc56)c4)nc(-c4ccccc4)n3)cccc21. The van der Waals surface area contributed by atoms with E-state index in [0.29, 0.717) is 5.82 Å². The van der Waals surface area contributed by atoms with Crippen LogP contribution in [0.25, 0.3) is 100.0 Å². The third kappa shape index (κ3) is 5.66. The fourth-order valence-corrected chi connectivity index (χ4v) is 9.73. The van der Waals surface area contributed by atoms with Gasteiger partial charge in [-0.05, 0) is 98.6 Å². The van der Waals surface area contributed by atoms with Crippen molar-refractivity contribution in [1.29, 1.82) is 0 Å². The number of hydrogen-bond donors (Lipinski definition) is 0. The van der Waals surface area contributed by atoms with Crippen molar-refractivity contribution in [3.8, 4) is 67.3 Å². The molecule has 3 heteroatoms. The second kappa shape index (κ2) is 13.9. The molecule has 2 aromatic heterocycles. The quantitative estimate of drug-likeness (QED) is 0.169. The highest BCUT2D eigenvalue weighted by Gasteiger charge is 2.41. The van der Waals surface area contributed by atoms with Gasteiger partial charge in [-0.25, -0.2) is 9.97 Å². The molecule has 0 saturated carbocycles. The van der Waals surface area contributed by atoms with Gasteiger partial charge in [0.05, 0.1) is 11.4 Å². The average Bonchev–Trinajstić information content (AvgIpc) is 3.85. The van der Waals surface area contributed by atoms with Gasteiger partial charge in [-0.1, -0.05) is 176 Å². The monoisotopic (exact) mass is 778 g/mol. The highest BCUT2D eigenvalue weighted by molar-refractivity contribution is 6.10. The summed E-state index contributed by atoms with van der Waals surface area (Å²) < 4.78 is 6.64. The first kappa shape index (κ1) is 35.1. The summed E-state index contributed by atoms with van der Waals surface area (Å²) in [5.41, 5.74) is 16.8. The van der Waals surface area contributed by atoms with E-state index in [1.54, 1.807) is 0 Å². The van der Waals surface area contributed by atoms with Crippen molar-refractivity contribution in [3.63, 3.8) is 0 Å². The lowest BCUT2D eigenvalue weighted by molar-refractivity contribution is 0.670. The molecule has 61 heavy (non-hydrogen) atoms. The Kier molecular flexibility index (Phi) is 7.98. The number of aromatic nitrogens is 2. The normalized spacial score (nSPS) is 14.4. The zero-order valence-corrected chi connectivity index (χ0v) is 33.5. The van der Waals surface area contributed by atoms with Crippen LogP contribution in [0.3, 0.4) is 0 Å². The molecule has 0 radical (unpaired) electrons. The largest absolute Gasteiger partial charge is 0.455 e. The van der Waals surface area contributed by atoms with Crippen molar-refractivity contribution in [3.05, 3.63) is 229 Å². The van der Waals surface area contributed by atoms with Gasteiger partial charge in [0.15, 0.2) is 5.82 Å². The average molecular weight is 779 g/mol. The Bertz CT molecular complexity index is 3490. The number of furan rings is 1. The fourth-order valence-electron chi connectivity index (χ4n) is 9.73. The molecule has 9 aromatic carbocycles. The van der Waals surface area contributed by atoms with Crippen molar-refractivity contribution in [2.75, 3.05) is 0 Å². The van der Waals surface area contributed by atoms with Gasteiger partial charge < -0.3 is 4.42 Å². The van der Waals surface area contributed by atoms with E-state index >= 15 is 0 Å². The van der Waals surface area contributed by atoms with E-state index in [9.17, 15) is 0 Å². The predicted molar refractivity (Wildman–Crippen MR) is 251 cm³/mol. The molecule has 1 unspecified atom stereocenters. The summed E-state index contributed by atoms with van der Waals surface area (Å²) in [4.78, 5) is 10.8. The molecule has 1 aliphatic rings. The van der Waals surface area contributed by atoms with E-state index in [-0.39, 0.29) is 5.41 Å². The molecule has 0 aliphatic heterocycles. The topological polar surface area (TPSA) is 38.9 Å². The molecule has 0 amide bonds. The minimum Gasteiger partial charge on any atom is -0.455 e. The molecular weight excluding hydrogens is 741 g/mol. The summed E-state index contributed by atoms with van der Waals surface area (Å²) in [6.45, 7) is 2.36. The number of hydrogen-bond acceptors (Lipinski definition) is 3. The van der Waals surface area contributed by atoms with E-state index < -0.39 is 0 Å². The smallest absolute Gasteiger partial charge is 0.160 e. The molecule has 1 atom stereocenters. The van der Waals surface area contributed by atoms with Crippen LogP contribution in [-0.4, -0.2) is 9.97 Å². The first-order valence-corrected chi connectivity index (χ1v) is 20.9. The molecular formula is C58H38N2O. The summed E-state index contributed by atoms with van der Waals surface area (Å²) in [5.74, 6) is 0.680. The Morgan fingerprint density at radius 2 is 1.03 bits per heavy atom. The summed E-state index contributed by atoms with van der Waals surface area (Å²) in [5, 5.41) is 4.62. The van der Waals surface area contributed by atoms with Crippen LogP contribution in [0.2, 0.25) is 0 Å². The second-order valence-electron chi connectivity index (χ2n) is 16.2. The number of para-hydroxylation sites is 2. The highest BCUT2D eigenvalue weighted by atomic mass is 16.3. The molecule has 2 heterocycles. The Hall–Kier alpha value is -7.88. The Morgan fingerprint density at radius 1 is 0.393 bits per heavy atom. The molecule has 286 valence electrons. The third-order valence-corrected chi connectivity index (χ3v) is 12.8. The second-order valence-corrected chi connectivity index (χ2v) is 16.2. The maximum atomic E-state index is 6.64. The van der Waals surface area contributed by atoms with Gasteiger partial charge in [-0.3, -0.25) is 0 Å². The van der Waals surface area contributed by atoms with E-state index in [0.717, 1.165) is 72.3 Å². The molecule has 3 nitrogen and oxygen atoms in total. The molecule has 12 rings (SSSR count). The summed E-state index contributed by atoms with van der Waals surface area (Å²) in [7, 11) is 0. The van der Waals surface area contributed by atoms with Crippen molar-refractivity contribution < 1.29 is 4.42 Å². The van der Waals surface area contributed by atoms with Crippen LogP contribution in [0.1, 0.15) is 23.6 Å².